The molecule has 0 aliphatic heterocycles. The fourth-order valence-corrected chi connectivity index (χ4v) is 2.64. The molecule has 0 saturated heterocycles. The summed E-state index contributed by atoms with van der Waals surface area (Å²) in [5.74, 6) is 0.0178. The molecule has 0 bridgehead atoms. The Morgan fingerprint density at radius 1 is 1.16 bits per heavy atom. The first-order chi connectivity index (χ1) is 11.9. The van der Waals surface area contributed by atoms with Gasteiger partial charge < -0.3 is 15.0 Å². The van der Waals surface area contributed by atoms with Crippen LogP contribution < -0.4 is 15.0 Å². The van der Waals surface area contributed by atoms with Crippen LogP contribution in [0.25, 0.3) is 0 Å². The van der Waals surface area contributed by atoms with Crippen LogP contribution >= 0.6 is 11.6 Å². The number of carbonyl (C=O) groups excluding carboxylic acids is 2. The maximum absolute atomic E-state index is 12.3. The van der Waals surface area contributed by atoms with Crippen molar-refractivity contribution in [2.75, 3.05) is 23.9 Å². The summed E-state index contributed by atoms with van der Waals surface area (Å²) < 4.78 is 5.08. The first kappa shape index (κ1) is 18.8. The molecule has 0 atom stereocenters. The highest BCUT2D eigenvalue weighted by Gasteiger charge is 2.16. The van der Waals surface area contributed by atoms with Crippen molar-refractivity contribution in [3.8, 4) is 5.75 Å². The van der Waals surface area contributed by atoms with E-state index in [-0.39, 0.29) is 18.4 Å². The van der Waals surface area contributed by atoms with Crippen molar-refractivity contribution >= 4 is 34.8 Å². The van der Waals surface area contributed by atoms with Gasteiger partial charge in [0.1, 0.15) is 12.3 Å². The van der Waals surface area contributed by atoms with Gasteiger partial charge in [-0.15, -0.1) is 0 Å². The largest absolute Gasteiger partial charge is 0.495 e. The Hall–Kier alpha value is -2.53. The zero-order valence-corrected chi connectivity index (χ0v) is 15.3. The maximum atomic E-state index is 12.3. The van der Waals surface area contributed by atoms with Crippen molar-refractivity contribution in [2.24, 2.45) is 0 Å². The van der Waals surface area contributed by atoms with E-state index >= 15 is 0 Å². The first-order valence-corrected chi connectivity index (χ1v) is 8.32. The number of aryl methyl sites for hydroxylation is 1. The molecule has 0 aliphatic rings. The van der Waals surface area contributed by atoms with Crippen molar-refractivity contribution in [2.45, 2.75) is 20.3 Å². The Morgan fingerprint density at radius 2 is 1.84 bits per heavy atom. The number of ether oxygens (including phenoxy) is 1. The number of nitrogens with one attached hydrogen (secondary N) is 1. The molecule has 5 nitrogen and oxygen atoms in total. The fraction of sp³-hybridized carbons (Fsp3) is 0.263. The highest BCUT2D eigenvalue weighted by Crippen LogP contribution is 2.27. The molecule has 132 valence electrons. The van der Waals surface area contributed by atoms with E-state index in [0.29, 0.717) is 22.1 Å². The summed E-state index contributed by atoms with van der Waals surface area (Å²) in [5, 5.41) is 3.14. The first-order valence-electron chi connectivity index (χ1n) is 7.95. The van der Waals surface area contributed by atoms with Gasteiger partial charge in [0.05, 0.1) is 12.1 Å². The summed E-state index contributed by atoms with van der Waals surface area (Å²) in [6, 6.07) is 12.6. The second-order valence-corrected chi connectivity index (χ2v) is 5.93. The van der Waals surface area contributed by atoms with Crippen LogP contribution in [-0.4, -0.2) is 25.5 Å². The quantitative estimate of drug-likeness (QED) is 0.849. The number of halogens is 1. The number of amides is 2. The third-order valence-corrected chi connectivity index (χ3v) is 4.07. The smallest absolute Gasteiger partial charge is 0.244 e. The molecule has 25 heavy (non-hydrogen) atoms. The molecule has 2 rings (SSSR count). The second-order valence-electron chi connectivity index (χ2n) is 5.52. The Bertz CT molecular complexity index is 760. The van der Waals surface area contributed by atoms with Gasteiger partial charge in [0.15, 0.2) is 0 Å². The van der Waals surface area contributed by atoms with Crippen molar-refractivity contribution < 1.29 is 14.3 Å². The number of rotatable bonds is 6. The van der Waals surface area contributed by atoms with E-state index < -0.39 is 0 Å². The highest BCUT2D eigenvalue weighted by atomic mass is 35.5. The SMILES string of the molecule is CCc1ccc(N(CC(=O)Nc2ccc(OC)c(Cl)c2)C(C)=O)cc1. The van der Waals surface area contributed by atoms with Gasteiger partial charge in [-0.25, -0.2) is 0 Å². The van der Waals surface area contributed by atoms with Crippen molar-refractivity contribution in [1.29, 1.82) is 0 Å². The molecule has 0 spiro atoms. The fourth-order valence-electron chi connectivity index (χ4n) is 2.38. The number of hydrogen-bond acceptors (Lipinski definition) is 3. The van der Waals surface area contributed by atoms with Gasteiger partial charge in [0.25, 0.3) is 0 Å². The lowest BCUT2D eigenvalue weighted by Crippen LogP contribution is -2.36. The molecule has 2 amide bonds. The third-order valence-electron chi connectivity index (χ3n) is 3.77. The molecule has 2 aromatic carbocycles. The molecular weight excluding hydrogens is 340 g/mol. The average molecular weight is 361 g/mol. The van der Waals surface area contributed by atoms with Crippen molar-refractivity contribution in [3.63, 3.8) is 0 Å². The topological polar surface area (TPSA) is 58.6 Å². The molecule has 0 unspecified atom stereocenters. The van der Waals surface area contributed by atoms with E-state index in [1.54, 1.807) is 18.2 Å². The standard InChI is InChI=1S/C19H21ClN2O3/c1-4-14-5-8-16(9-6-14)22(13(2)23)12-19(24)21-15-7-10-18(25-3)17(20)11-15/h5-11H,4,12H2,1-3H3,(H,21,24). The third kappa shape index (κ3) is 4.97. The van der Waals surface area contributed by atoms with Gasteiger partial charge in [0.2, 0.25) is 11.8 Å². The molecule has 0 aromatic heterocycles. The van der Waals surface area contributed by atoms with E-state index in [4.69, 9.17) is 16.3 Å². The number of nitrogens with zero attached hydrogens (tertiary/aromatic N) is 1. The van der Waals surface area contributed by atoms with Crippen LogP contribution in [0.3, 0.4) is 0 Å². The van der Waals surface area contributed by atoms with Crippen molar-refractivity contribution in [3.05, 3.63) is 53.1 Å². The number of carbonyl (C=O) groups is 2. The van der Waals surface area contributed by atoms with Gasteiger partial charge in [-0.05, 0) is 42.3 Å². The van der Waals surface area contributed by atoms with Gasteiger partial charge in [-0.2, -0.15) is 0 Å². The molecule has 0 fully saturated rings. The van der Waals surface area contributed by atoms with Crippen LogP contribution in [0, 0.1) is 0 Å². The predicted molar refractivity (Wildman–Crippen MR) is 100 cm³/mol. The normalized spacial score (nSPS) is 10.2. The lowest BCUT2D eigenvalue weighted by atomic mass is 10.1. The van der Waals surface area contributed by atoms with Gasteiger partial charge in [-0.1, -0.05) is 30.7 Å². The number of benzene rings is 2. The molecular formula is C19H21ClN2O3. The second kappa shape index (κ2) is 8.53. The minimum atomic E-state index is -0.309. The van der Waals surface area contributed by atoms with Gasteiger partial charge in [0, 0.05) is 18.3 Å². The van der Waals surface area contributed by atoms with Gasteiger partial charge in [-0.3, -0.25) is 9.59 Å². The predicted octanol–water partition coefficient (Wildman–Crippen LogP) is 3.90. The monoisotopic (exact) mass is 360 g/mol. The maximum Gasteiger partial charge on any atom is 0.244 e. The molecule has 6 heteroatoms. The molecule has 0 saturated carbocycles. The average Bonchev–Trinajstić information content (AvgIpc) is 2.60. The summed E-state index contributed by atoms with van der Waals surface area (Å²) in [7, 11) is 1.52. The van der Waals surface area contributed by atoms with Crippen LogP contribution in [0.2, 0.25) is 5.02 Å². The summed E-state index contributed by atoms with van der Waals surface area (Å²) in [4.78, 5) is 25.7. The molecule has 0 aliphatic carbocycles. The number of anilines is 2. The zero-order chi connectivity index (χ0) is 18.4. The molecule has 1 N–H and O–H groups in total. The highest BCUT2D eigenvalue weighted by molar-refractivity contribution is 6.32. The minimum absolute atomic E-state index is 0.0789. The van der Waals surface area contributed by atoms with Crippen LogP contribution in [0.5, 0.6) is 5.75 Å². The number of hydrogen-bond donors (Lipinski definition) is 1. The molecule has 2 aromatic rings. The van der Waals surface area contributed by atoms with E-state index in [9.17, 15) is 9.59 Å². The lowest BCUT2D eigenvalue weighted by molar-refractivity contribution is -0.120. The van der Waals surface area contributed by atoms with Crippen LogP contribution in [-0.2, 0) is 16.0 Å². The number of methoxy groups -OCH3 is 1. The van der Waals surface area contributed by atoms with E-state index in [2.05, 4.69) is 12.2 Å². The van der Waals surface area contributed by atoms with E-state index in [0.717, 1.165) is 6.42 Å². The summed E-state index contributed by atoms with van der Waals surface area (Å²) in [6.07, 6.45) is 0.916. The van der Waals surface area contributed by atoms with E-state index in [1.165, 1.54) is 24.5 Å². The summed E-state index contributed by atoms with van der Waals surface area (Å²) >= 11 is 6.05. The van der Waals surface area contributed by atoms with E-state index in [1.807, 2.05) is 24.3 Å². The van der Waals surface area contributed by atoms with Crippen molar-refractivity contribution in [1.82, 2.24) is 0 Å². The lowest BCUT2D eigenvalue weighted by Gasteiger charge is -2.21. The van der Waals surface area contributed by atoms with Gasteiger partial charge >= 0.3 is 0 Å². The zero-order valence-electron chi connectivity index (χ0n) is 14.5. The summed E-state index contributed by atoms with van der Waals surface area (Å²) in [6.45, 7) is 3.42. The Kier molecular flexibility index (Phi) is 6.42. The Balaban J connectivity index is 2.09. The Labute approximate surface area is 152 Å². The molecule has 0 heterocycles. The minimum Gasteiger partial charge on any atom is -0.495 e. The van der Waals surface area contributed by atoms with Crippen LogP contribution in [0.4, 0.5) is 11.4 Å². The Morgan fingerprint density at radius 3 is 2.36 bits per heavy atom. The van der Waals surface area contributed by atoms with Crippen LogP contribution in [0.1, 0.15) is 19.4 Å². The van der Waals surface area contributed by atoms with Crippen LogP contribution in [0.15, 0.2) is 42.5 Å². The molecule has 0 radical (unpaired) electrons. The summed E-state index contributed by atoms with van der Waals surface area (Å²) in [5.41, 5.74) is 2.40.